The van der Waals surface area contributed by atoms with E-state index in [1.165, 1.54) is 102 Å². The van der Waals surface area contributed by atoms with Gasteiger partial charge in [0.05, 0.1) is 79.1 Å². The van der Waals surface area contributed by atoms with Gasteiger partial charge in [-0.3, -0.25) is 19.3 Å². The van der Waals surface area contributed by atoms with Crippen LogP contribution in [0.2, 0.25) is 0 Å². The van der Waals surface area contributed by atoms with Crippen LogP contribution >= 0.6 is 11.8 Å². The second-order valence-corrected chi connectivity index (χ2v) is 35.9. The predicted molar refractivity (Wildman–Crippen MR) is 473 cm³/mol. The monoisotopic (exact) mass is 1800 g/mol. The number of alkyl halides is 2. The van der Waals surface area contributed by atoms with E-state index in [-0.39, 0.29) is 59.1 Å². The molecule has 0 aliphatic rings. The molecule has 1 amide bonds. The molecule has 0 fully saturated rings. The summed E-state index contributed by atoms with van der Waals surface area (Å²) < 4.78 is 184. The third kappa shape index (κ3) is 23.7. The molecule has 0 aliphatic carbocycles. The molecule has 5 aromatic heterocycles. The first-order valence-electron chi connectivity index (χ1n) is 36.9. The first-order chi connectivity index (χ1) is 58.9. The minimum absolute atomic E-state index is 0.0106. The molecule has 0 saturated carbocycles. The van der Waals surface area contributed by atoms with Crippen molar-refractivity contribution in [3.8, 4) is 96.2 Å². The van der Waals surface area contributed by atoms with E-state index < -0.39 is 73.5 Å². The van der Waals surface area contributed by atoms with Crippen molar-refractivity contribution in [1.82, 2.24) is 23.9 Å². The molecule has 0 atom stereocenters. The molecule has 15 rings (SSSR count). The Bertz CT molecular complexity index is 6980. The van der Waals surface area contributed by atoms with Gasteiger partial charge < -0.3 is 33.1 Å². The third-order valence-corrected chi connectivity index (χ3v) is 23.2. The highest BCUT2D eigenvalue weighted by molar-refractivity contribution is 7.98. The number of rotatable bonds is 23. The Hall–Kier alpha value is -13.3. The maximum absolute atomic E-state index is 14.0. The van der Waals surface area contributed by atoms with Gasteiger partial charge in [-0.25, -0.2) is 80.5 Å². The number of anilines is 2. The molecular formula is C88H80F3N11O16S6. The van der Waals surface area contributed by atoms with Crippen molar-refractivity contribution in [2.45, 2.75) is 51.7 Å². The number of amides is 1. The zero-order valence-corrected chi connectivity index (χ0v) is 71.6. The summed E-state index contributed by atoms with van der Waals surface area (Å²) in [5.41, 5.74) is 11.9. The lowest BCUT2D eigenvalue weighted by molar-refractivity contribution is -0.105. The number of nitrogens with zero attached hydrogens (tertiary/aromatic N) is 5. The van der Waals surface area contributed by atoms with Crippen molar-refractivity contribution in [1.29, 1.82) is 0 Å². The molecule has 124 heavy (non-hydrogen) atoms. The Balaban J connectivity index is 0.000000151. The fourth-order valence-electron chi connectivity index (χ4n) is 12.4. The second kappa shape index (κ2) is 39.7. The number of nitrogens with one attached hydrogen (secondary N) is 2. The fourth-order valence-corrected chi connectivity index (χ4v) is 15.4. The summed E-state index contributed by atoms with van der Waals surface area (Å²) >= 11 is 1.70. The Labute approximate surface area is 717 Å². The molecule has 5 heterocycles. The Morgan fingerprint density at radius 1 is 0.524 bits per heavy atom. The van der Waals surface area contributed by atoms with Crippen molar-refractivity contribution < 1.29 is 78.7 Å². The number of sulfonamides is 5. The molecule has 0 bridgehead atoms. The highest BCUT2D eigenvalue weighted by Crippen LogP contribution is 2.38. The number of nitrogens with two attached hydrogens (primary N) is 4. The molecule has 0 aliphatic heterocycles. The van der Waals surface area contributed by atoms with Crippen molar-refractivity contribution in [3.05, 3.63) is 325 Å². The molecule has 640 valence electrons. The number of aryl methyl sites for hydroxylation is 2. The smallest absolute Gasteiger partial charge is 0.282 e. The number of hydrogen-bond acceptors (Lipinski definition) is 19. The normalized spacial score (nSPS) is 11.5. The Kier molecular flexibility index (Phi) is 29.3. The lowest BCUT2D eigenvalue weighted by Crippen LogP contribution is -2.12. The maximum atomic E-state index is 14.0. The van der Waals surface area contributed by atoms with Crippen LogP contribution in [0.1, 0.15) is 30.2 Å². The number of carbonyl (C=O) groups excluding carboxylic acids is 1. The topological polar surface area (TPSA) is 414 Å². The minimum Gasteiger partial charge on any atom is -0.494 e. The van der Waals surface area contributed by atoms with E-state index in [1.54, 1.807) is 84.7 Å². The van der Waals surface area contributed by atoms with Crippen molar-refractivity contribution in [2.75, 3.05) is 36.3 Å². The van der Waals surface area contributed by atoms with Gasteiger partial charge in [-0.15, -0.1) is 11.8 Å². The summed E-state index contributed by atoms with van der Waals surface area (Å²) in [6, 6.07) is 75.4. The van der Waals surface area contributed by atoms with E-state index in [0.29, 0.717) is 30.0 Å². The van der Waals surface area contributed by atoms with E-state index in [0.717, 1.165) is 97.8 Å². The summed E-state index contributed by atoms with van der Waals surface area (Å²) in [6.45, 7) is 6.64. The van der Waals surface area contributed by atoms with Crippen LogP contribution in [0, 0.1) is 19.7 Å². The number of halogens is 3. The van der Waals surface area contributed by atoms with Gasteiger partial charge in [0.15, 0.2) is 17.3 Å². The molecule has 0 unspecified atom stereocenters. The molecule has 0 spiro atoms. The number of thioether (sulfide) groups is 1. The number of primary sulfonamides is 4. The van der Waals surface area contributed by atoms with Crippen LogP contribution in [0.4, 0.5) is 24.5 Å². The van der Waals surface area contributed by atoms with Gasteiger partial charge in [0, 0.05) is 57.6 Å². The molecule has 27 nitrogen and oxygen atoms in total. The SMILES string of the molecule is CCOc1ccc(-c2cc(C)cn2-c2ccc(S(N)(=O)=O)cc2)cc1.COc1ccc(-c2cc(C(F)F)nn2-c2ccc(S(N)(=O)=O)cc2)cc1F.CS(=O)(=O)Nc1cc2occ(NC=O)c(=O)c2cc1Oc1ccccc1.CSc1ccc(-n2cc(C)cc2-c2ccc(S(N)(=O)=O)cc2)cc1.NS(=O)(=O)c1ccc(-c2cccnc2-c2ccccc2)cc1. The molecule has 36 heteroatoms. The molecule has 15 aromatic rings. The molecular weight excluding hydrogens is 1720 g/mol. The molecule has 10 aromatic carbocycles. The van der Waals surface area contributed by atoms with Crippen LogP contribution in [-0.2, 0) is 54.9 Å². The number of benzene rings is 10. The van der Waals surface area contributed by atoms with Crippen LogP contribution in [-0.4, -0.2) is 98.6 Å². The number of carbonyl (C=O) groups is 1. The van der Waals surface area contributed by atoms with Crippen LogP contribution in [0.25, 0.3) is 84.2 Å². The highest BCUT2D eigenvalue weighted by atomic mass is 32.2. The van der Waals surface area contributed by atoms with Crippen LogP contribution in [0.3, 0.4) is 0 Å². The summed E-state index contributed by atoms with van der Waals surface area (Å²) in [7, 11) is -17.2. The summed E-state index contributed by atoms with van der Waals surface area (Å²) in [5.74, 6) is 0.751. The van der Waals surface area contributed by atoms with Crippen LogP contribution < -0.4 is 50.2 Å². The third-order valence-electron chi connectivity index (χ3n) is 18.2. The number of aromatic nitrogens is 5. The van der Waals surface area contributed by atoms with Gasteiger partial charge in [-0.05, 0) is 237 Å². The average Bonchev–Trinajstić information content (AvgIpc) is 1.30. The number of para-hydroxylation sites is 1. The van der Waals surface area contributed by atoms with Gasteiger partial charge in [-0.2, -0.15) is 5.10 Å². The largest absolute Gasteiger partial charge is 0.494 e. The predicted octanol–water partition coefficient (Wildman–Crippen LogP) is 16.2. The van der Waals surface area contributed by atoms with Gasteiger partial charge >= 0.3 is 0 Å². The first kappa shape index (κ1) is 91.5. The van der Waals surface area contributed by atoms with Gasteiger partial charge in [-0.1, -0.05) is 78.9 Å². The summed E-state index contributed by atoms with van der Waals surface area (Å²) in [5, 5.41) is 26.7. The number of methoxy groups -OCH3 is 1. The fraction of sp³-hybridized carbons (Fsp3) is 0.0909. The average molecular weight is 1800 g/mol. The van der Waals surface area contributed by atoms with Gasteiger partial charge in [0.2, 0.25) is 62.0 Å². The van der Waals surface area contributed by atoms with E-state index in [2.05, 4.69) is 67.3 Å². The van der Waals surface area contributed by atoms with E-state index >= 15 is 0 Å². The minimum atomic E-state index is -3.90. The van der Waals surface area contributed by atoms with Crippen molar-refractivity contribution in [2.24, 2.45) is 20.6 Å². The number of hydrogen-bond donors (Lipinski definition) is 6. The van der Waals surface area contributed by atoms with Gasteiger partial charge in [0.1, 0.15) is 34.7 Å². The zero-order chi connectivity index (χ0) is 89.4. The lowest BCUT2D eigenvalue weighted by atomic mass is 10.00. The lowest BCUT2D eigenvalue weighted by Gasteiger charge is -2.13. The molecule has 10 N–H and O–H groups in total. The van der Waals surface area contributed by atoms with Crippen molar-refractivity contribution >= 4 is 90.6 Å². The van der Waals surface area contributed by atoms with Gasteiger partial charge in [0.25, 0.3) is 6.43 Å². The van der Waals surface area contributed by atoms with Crippen LogP contribution in [0.15, 0.2) is 325 Å². The second-order valence-electron chi connectivity index (χ2n) is 27.1. The summed E-state index contributed by atoms with van der Waals surface area (Å²) in [4.78, 5) is 28.9. The Morgan fingerprint density at radius 2 is 1.01 bits per heavy atom. The quantitative estimate of drug-likeness (QED) is 0.0256. The van der Waals surface area contributed by atoms with E-state index in [4.69, 9.17) is 39.2 Å². The van der Waals surface area contributed by atoms with Crippen LogP contribution in [0.5, 0.6) is 23.0 Å². The van der Waals surface area contributed by atoms with Crippen molar-refractivity contribution in [3.63, 3.8) is 0 Å². The molecule has 0 radical (unpaired) electrons. The standard InChI is InChI=1S/C19H20N2O3S.C18H18N2O2S2.C17H14F3N3O3S.C17H14N2O6S.C17H14N2O2S/c1-3-24-17-8-4-15(5-9-17)19-12-14(2)13-21(19)16-6-10-18(11-7-16)25(20,22)23;1-13-11-18(14-3-9-17(10-4-14)24(19,21)22)20(12-13)15-5-7-16(23-2)8-6-15;1-26-16-7-2-10(8-13(16)18)15-9-14(17(19)20)22-23(15)11-3-5-12(6-4-11)27(21,24)25;1-26(22,23)19-13-8-15-12(17(21)14(9-24-15)18-10-20)7-16(13)25-11-5-3-2-4-6-11;18-22(20,21)15-10-8-13(9-11-15)16-7-4-12-19-17(16)14-5-2-1-3-6-14/h4-13H,3H2,1-2H3,(H2,20,22,23);3-12H,1-2H3,(H2,19,21,22);2-9,17H,1H3,(H2,21,24,25);2-10,19H,1H3,(H,18,20);1-12H,(H2,18,20,21). The highest BCUT2D eigenvalue weighted by Gasteiger charge is 2.23. The summed E-state index contributed by atoms with van der Waals surface area (Å²) in [6.07, 6.45) is 7.47. The number of fused-ring (bicyclic) bond motifs is 1. The van der Waals surface area contributed by atoms with E-state index in [1.807, 2.05) is 105 Å². The maximum Gasteiger partial charge on any atom is 0.282 e. The zero-order valence-electron chi connectivity index (χ0n) is 66.7. The first-order valence-corrected chi connectivity index (χ1v) is 46.2. The number of pyridine rings is 1. The Morgan fingerprint density at radius 3 is 1.48 bits per heavy atom. The molecule has 0 saturated heterocycles. The number of ether oxygens (including phenoxy) is 3. The van der Waals surface area contributed by atoms with E-state index in [9.17, 15) is 64.8 Å².